The predicted molar refractivity (Wildman–Crippen MR) is 120 cm³/mol. The van der Waals surface area contributed by atoms with E-state index in [0.29, 0.717) is 17.9 Å². The van der Waals surface area contributed by atoms with Gasteiger partial charge in [0.1, 0.15) is 0 Å². The van der Waals surface area contributed by atoms with Crippen molar-refractivity contribution in [1.82, 2.24) is 14.9 Å². The van der Waals surface area contributed by atoms with Crippen LogP contribution in [0.25, 0.3) is 11.4 Å². The lowest BCUT2D eigenvalue weighted by molar-refractivity contribution is -0.122. The van der Waals surface area contributed by atoms with Crippen LogP contribution in [-0.2, 0) is 4.79 Å². The molecule has 8 nitrogen and oxygen atoms in total. The summed E-state index contributed by atoms with van der Waals surface area (Å²) in [5.74, 6) is 7.04. The van der Waals surface area contributed by atoms with Crippen molar-refractivity contribution in [3.63, 3.8) is 0 Å². The third kappa shape index (κ3) is 5.00. The topological polar surface area (TPSA) is 127 Å². The van der Waals surface area contributed by atoms with E-state index in [0.717, 1.165) is 50.1 Å². The molecule has 1 aromatic carbocycles. The lowest BCUT2D eigenvalue weighted by Gasteiger charge is -2.35. The molecular formula is C22H32FN7O. The Morgan fingerprint density at radius 2 is 1.87 bits per heavy atom. The number of hydrogen-bond acceptors (Lipinski definition) is 7. The van der Waals surface area contributed by atoms with Crippen molar-refractivity contribution in [3.8, 4) is 11.4 Å². The minimum atomic E-state index is -0.460. The molecule has 31 heavy (non-hydrogen) atoms. The second kappa shape index (κ2) is 10.1. The summed E-state index contributed by atoms with van der Waals surface area (Å²) in [5.41, 5.74) is 9.07. The van der Waals surface area contributed by atoms with Crippen LogP contribution in [0.2, 0.25) is 0 Å². The number of carbonyl (C=O) groups is 1. The molecule has 4 rings (SSSR count). The fourth-order valence-electron chi connectivity index (χ4n) is 4.60. The molecule has 1 aliphatic heterocycles. The smallest absolute Gasteiger partial charge is 0.221 e. The third-order valence-corrected chi connectivity index (χ3v) is 6.30. The standard InChI is InChI=1S/C22H28FN5O.H4N2/c1-14-12-15(6-7-19(14)28-10-8-27(2)9-11-28)22-25-13-18(23)20(26-22)16-4-3-5-17(16)21(24)29;1-2/h6-7,12-13,16-17H,3-5,8-11H2,1-2H3,(H2,24,29);1-2H2. The van der Waals surface area contributed by atoms with Crippen molar-refractivity contribution >= 4 is 11.6 Å². The summed E-state index contributed by atoms with van der Waals surface area (Å²) < 4.78 is 14.5. The molecule has 6 N–H and O–H groups in total. The predicted octanol–water partition coefficient (Wildman–Crippen LogP) is 1.53. The van der Waals surface area contributed by atoms with Crippen LogP contribution in [0, 0.1) is 18.7 Å². The van der Waals surface area contributed by atoms with Gasteiger partial charge in [0.25, 0.3) is 0 Å². The van der Waals surface area contributed by atoms with E-state index in [9.17, 15) is 9.18 Å². The number of benzene rings is 1. The van der Waals surface area contributed by atoms with Crippen molar-refractivity contribution in [2.24, 2.45) is 23.3 Å². The highest BCUT2D eigenvalue weighted by Crippen LogP contribution is 2.40. The molecule has 0 bridgehead atoms. The van der Waals surface area contributed by atoms with Gasteiger partial charge in [0.2, 0.25) is 5.91 Å². The van der Waals surface area contributed by atoms with E-state index in [4.69, 9.17) is 5.73 Å². The summed E-state index contributed by atoms with van der Waals surface area (Å²) in [4.78, 5) is 25.2. The summed E-state index contributed by atoms with van der Waals surface area (Å²) in [6, 6.07) is 6.16. The normalized spacial score (nSPS) is 21.5. The summed E-state index contributed by atoms with van der Waals surface area (Å²) in [7, 11) is 2.14. The molecule has 1 aliphatic carbocycles. The summed E-state index contributed by atoms with van der Waals surface area (Å²) >= 11 is 0. The number of primary amides is 1. The fourth-order valence-corrected chi connectivity index (χ4v) is 4.60. The van der Waals surface area contributed by atoms with Gasteiger partial charge in [-0.05, 0) is 50.6 Å². The third-order valence-electron chi connectivity index (χ3n) is 6.30. The highest BCUT2D eigenvalue weighted by atomic mass is 19.1. The summed E-state index contributed by atoms with van der Waals surface area (Å²) in [6.45, 7) is 6.19. The second-order valence-corrected chi connectivity index (χ2v) is 8.26. The van der Waals surface area contributed by atoms with Crippen molar-refractivity contribution < 1.29 is 9.18 Å². The van der Waals surface area contributed by atoms with Gasteiger partial charge >= 0.3 is 0 Å². The van der Waals surface area contributed by atoms with E-state index in [-0.39, 0.29) is 17.7 Å². The Bertz CT molecular complexity index is 915. The minimum Gasteiger partial charge on any atom is -0.369 e. The van der Waals surface area contributed by atoms with Gasteiger partial charge in [-0.15, -0.1) is 0 Å². The van der Waals surface area contributed by atoms with Gasteiger partial charge in [-0.2, -0.15) is 0 Å². The monoisotopic (exact) mass is 429 g/mol. The molecule has 2 fully saturated rings. The number of hydrazine groups is 1. The lowest BCUT2D eigenvalue weighted by Crippen LogP contribution is -2.44. The van der Waals surface area contributed by atoms with Crippen LogP contribution in [0.5, 0.6) is 0 Å². The molecule has 1 saturated carbocycles. The second-order valence-electron chi connectivity index (χ2n) is 8.26. The van der Waals surface area contributed by atoms with E-state index in [1.165, 1.54) is 11.9 Å². The first-order valence-electron chi connectivity index (χ1n) is 10.6. The number of amides is 1. The quantitative estimate of drug-likeness (QED) is 0.497. The van der Waals surface area contributed by atoms with Crippen LogP contribution in [0.4, 0.5) is 10.1 Å². The zero-order valence-electron chi connectivity index (χ0n) is 18.2. The van der Waals surface area contributed by atoms with Crippen LogP contribution in [0.3, 0.4) is 0 Å². The van der Waals surface area contributed by atoms with Gasteiger partial charge in [0.15, 0.2) is 11.6 Å². The molecule has 168 valence electrons. The number of aryl methyl sites for hydroxylation is 1. The van der Waals surface area contributed by atoms with E-state index < -0.39 is 5.82 Å². The van der Waals surface area contributed by atoms with Crippen molar-refractivity contribution in [3.05, 3.63) is 41.5 Å². The van der Waals surface area contributed by atoms with Crippen molar-refractivity contribution in [2.45, 2.75) is 32.1 Å². The largest absolute Gasteiger partial charge is 0.369 e. The Hall–Kier alpha value is -2.62. The molecule has 2 aliphatic rings. The van der Waals surface area contributed by atoms with Gasteiger partial charge in [0.05, 0.1) is 11.9 Å². The molecule has 2 aromatic rings. The molecule has 1 amide bonds. The lowest BCUT2D eigenvalue weighted by atomic mass is 9.91. The van der Waals surface area contributed by atoms with E-state index in [1.54, 1.807) is 0 Å². The molecule has 2 unspecified atom stereocenters. The highest BCUT2D eigenvalue weighted by Gasteiger charge is 2.35. The minimum absolute atomic E-state index is 0.264. The number of nitrogens with zero attached hydrogens (tertiary/aromatic N) is 4. The van der Waals surface area contributed by atoms with Crippen LogP contribution >= 0.6 is 0 Å². The number of carbonyl (C=O) groups excluding carboxylic acids is 1. The van der Waals surface area contributed by atoms with Gasteiger partial charge in [-0.25, -0.2) is 14.4 Å². The number of halogens is 1. The Morgan fingerprint density at radius 1 is 1.16 bits per heavy atom. The Labute approximate surface area is 182 Å². The number of anilines is 1. The zero-order valence-corrected chi connectivity index (χ0v) is 18.2. The molecule has 2 heterocycles. The number of hydrogen-bond donors (Lipinski definition) is 3. The highest BCUT2D eigenvalue weighted by molar-refractivity contribution is 5.78. The van der Waals surface area contributed by atoms with Crippen molar-refractivity contribution in [1.29, 1.82) is 0 Å². The molecular weight excluding hydrogens is 397 g/mol. The molecule has 9 heteroatoms. The van der Waals surface area contributed by atoms with Crippen LogP contribution in [0.15, 0.2) is 24.4 Å². The maximum Gasteiger partial charge on any atom is 0.221 e. The SMILES string of the molecule is Cc1cc(-c2ncc(F)c(C3CCCC3C(N)=O)n2)ccc1N1CCN(C)CC1.NN. The molecule has 1 saturated heterocycles. The van der Waals surface area contributed by atoms with Crippen LogP contribution in [0.1, 0.15) is 36.4 Å². The Kier molecular flexibility index (Phi) is 7.53. The molecule has 0 radical (unpaired) electrons. The molecule has 0 spiro atoms. The number of rotatable bonds is 4. The molecule has 2 atom stereocenters. The van der Waals surface area contributed by atoms with Crippen LogP contribution < -0.4 is 22.3 Å². The zero-order chi connectivity index (χ0) is 22.5. The number of likely N-dealkylation sites (N-methyl/N-ethyl adjacent to an activating group) is 1. The summed E-state index contributed by atoms with van der Waals surface area (Å²) in [6.07, 6.45) is 3.49. The van der Waals surface area contributed by atoms with Crippen molar-refractivity contribution in [2.75, 3.05) is 38.1 Å². The average molecular weight is 430 g/mol. The number of aromatic nitrogens is 2. The van der Waals surface area contributed by atoms with E-state index in [1.807, 2.05) is 6.07 Å². The number of nitrogens with two attached hydrogens (primary N) is 3. The van der Waals surface area contributed by atoms with Gasteiger partial charge in [-0.3, -0.25) is 16.5 Å². The maximum absolute atomic E-state index is 14.5. The fraction of sp³-hybridized carbons (Fsp3) is 0.500. The first-order valence-corrected chi connectivity index (χ1v) is 10.6. The van der Waals surface area contributed by atoms with Gasteiger partial charge < -0.3 is 15.5 Å². The average Bonchev–Trinajstić information content (AvgIpc) is 3.26. The Morgan fingerprint density at radius 3 is 2.52 bits per heavy atom. The first-order chi connectivity index (χ1) is 14.9. The molecule has 1 aromatic heterocycles. The maximum atomic E-state index is 14.5. The van der Waals surface area contributed by atoms with Gasteiger partial charge in [-0.1, -0.05) is 6.42 Å². The van der Waals surface area contributed by atoms with Crippen LogP contribution in [-0.4, -0.2) is 54.0 Å². The Balaban J connectivity index is 0.00000132. The number of piperazine rings is 1. The summed E-state index contributed by atoms with van der Waals surface area (Å²) in [5, 5.41) is 0. The first kappa shape index (κ1) is 23.1. The van der Waals surface area contributed by atoms with Gasteiger partial charge in [0, 0.05) is 49.3 Å². The van der Waals surface area contributed by atoms with E-state index in [2.05, 4.69) is 57.6 Å². The van der Waals surface area contributed by atoms with E-state index >= 15 is 0 Å².